The van der Waals surface area contributed by atoms with Crippen LogP contribution < -0.4 is 4.74 Å². The first-order valence-electron chi connectivity index (χ1n) is 8.62. The number of aryl methyl sites for hydroxylation is 1. The summed E-state index contributed by atoms with van der Waals surface area (Å²) < 4.78 is 11.3. The number of ether oxygens (including phenoxy) is 2. The Balaban J connectivity index is 1.77. The molecule has 1 atom stereocenters. The van der Waals surface area contributed by atoms with Gasteiger partial charge in [-0.1, -0.05) is 18.2 Å². The van der Waals surface area contributed by atoms with Crippen molar-refractivity contribution in [2.24, 2.45) is 5.10 Å². The zero-order chi connectivity index (χ0) is 19.0. The van der Waals surface area contributed by atoms with Gasteiger partial charge in [0.2, 0.25) is 18.0 Å². The molecule has 136 valence electrons. The van der Waals surface area contributed by atoms with E-state index in [2.05, 4.69) is 10.1 Å². The molecule has 4 rings (SSSR count). The number of benzene rings is 2. The van der Waals surface area contributed by atoms with Crippen molar-refractivity contribution in [3.63, 3.8) is 0 Å². The molecule has 3 aromatic rings. The van der Waals surface area contributed by atoms with Gasteiger partial charge in [-0.2, -0.15) is 5.01 Å². The van der Waals surface area contributed by atoms with E-state index in [-0.39, 0.29) is 5.91 Å². The molecule has 0 spiro atoms. The molecular weight excluding hydrogens is 342 g/mol. The number of rotatable bonds is 3. The number of nitrogens with zero attached hydrogens (tertiary/aromatic N) is 3. The smallest absolute Gasteiger partial charge is 0.243 e. The summed E-state index contributed by atoms with van der Waals surface area (Å²) in [6.45, 7) is 3.40. The summed E-state index contributed by atoms with van der Waals surface area (Å²) in [4.78, 5) is 16.8. The normalized spacial score (nSPS) is 16.2. The molecule has 1 aliphatic heterocycles. The van der Waals surface area contributed by atoms with Crippen LogP contribution in [0.1, 0.15) is 30.0 Å². The highest BCUT2D eigenvalue weighted by Crippen LogP contribution is 2.34. The van der Waals surface area contributed by atoms with Crippen LogP contribution in [-0.2, 0) is 9.53 Å². The average molecular weight is 361 g/mol. The molecule has 0 aliphatic carbocycles. The largest absolute Gasteiger partial charge is 0.497 e. The molecule has 27 heavy (non-hydrogen) atoms. The summed E-state index contributed by atoms with van der Waals surface area (Å²) >= 11 is 0. The third-order valence-electron chi connectivity index (χ3n) is 4.45. The Morgan fingerprint density at radius 2 is 1.89 bits per heavy atom. The lowest BCUT2D eigenvalue weighted by molar-refractivity contribution is -0.135. The Bertz CT molecular complexity index is 1040. The predicted molar refractivity (Wildman–Crippen MR) is 102 cm³/mol. The quantitative estimate of drug-likeness (QED) is 0.712. The van der Waals surface area contributed by atoms with Gasteiger partial charge in [-0.3, -0.25) is 9.78 Å². The Morgan fingerprint density at radius 1 is 1.15 bits per heavy atom. The highest BCUT2D eigenvalue weighted by Gasteiger charge is 2.34. The molecule has 0 fully saturated rings. The van der Waals surface area contributed by atoms with E-state index in [9.17, 15) is 4.79 Å². The van der Waals surface area contributed by atoms with Crippen molar-refractivity contribution in [3.05, 3.63) is 71.4 Å². The van der Waals surface area contributed by atoms with Crippen molar-refractivity contribution in [3.8, 4) is 5.75 Å². The topological polar surface area (TPSA) is 64.0 Å². The molecule has 0 N–H and O–H groups in total. The Labute approximate surface area is 157 Å². The molecule has 2 aromatic carbocycles. The Kier molecular flexibility index (Phi) is 4.24. The highest BCUT2D eigenvalue weighted by atomic mass is 16.5. The number of methoxy groups -OCH3 is 1. The second-order valence-corrected chi connectivity index (χ2v) is 6.34. The van der Waals surface area contributed by atoms with Gasteiger partial charge in [0.1, 0.15) is 5.75 Å². The number of hydrogen-bond donors (Lipinski definition) is 0. The second kappa shape index (κ2) is 6.72. The molecule has 1 amide bonds. The first-order chi connectivity index (χ1) is 13.1. The molecule has 1 aromatic heterocycles. The van der Waals surface area contributed by atoms with Crippen LogP contribution in [0.3, 0.4) is 0 Å². The van der Waals surface area contributed by atoms with E-state index in [1.54, 1.807) is 7.11 Å². The number of para-hydroxylation sites is 1. The van der Waals surface area contributed by atoms with Gasteiger partial charge >= 0.3 is 0 Å². The summed E-state index contributed by atoms with van der Waals surface area (Å²) in [5, 5.41) is 6.74. The lowest BCUT2D eigenvalue weighted by Crippen LogP contribution is -2.25. The van der Waals surface area contributed by atoms with Gasteiger partial charge in [0.15, 0.2) is 0 Å². The number of aromatic nitrogens is 1. The average Bonchev–Trinajstić information content (AvgIpc) is 3.13. The molecule has 2 heterocycles. The highest BCUT2D eigenvalue weighted by molar-refractivity contribution is 5.97. The van der Waals surface area contributed by atoms with Crippen LogP contribution in [0.5, 0.6) is 5.75 Å². The maximum atomic E-state index is 12.2. The van der Waals surface area contributed by atoms with Crippen LogP contribution in [-0.4, -0.2) is 28.9 Å². The zero-order valence-corrected chi connectivity index (χ0v) is 15.3. The molecular formula is C21H19N3O3. The lowest BCUT2D eigenvalue weighted by atomic mass is 10.1. The van der Waals surface area contributed by atoms with Gasteiger partial charge in [0.25, 0.3) is 0 Å². The van der Waals surface area contributed by atoms with Crippen molar-refractivity contribution in [2.75, 3.05) is 7.11 Å². The number of pyridine rings is 1. The van der Waals surface area contributed by atoms with Crippen LogP contribution in [0.4, 0.5) is 0 Å². The maximum Gasteiger partial charge on any atom is 0.243 e. The van der Waals surface area contributed by atoms with Gasteiger partial charge in [-0.15, -0.1) is 5.10 Å². The fraction of sp³-hybridized carbons (Fsp3) is 0.190. The van der Waals surface area contributed by atoms with Crippen LogP contribution in [0.15, 0.2) is 59.7 Å². The minimum Gasteiger partial charge on any atom is -0.497 e. The molecule has 6 heteroatoms. The molecule has 1 unspecified atom stereocenters. The molecule has 0 saturated heterocycles. The predicted octanol–water partition coefficient (Wildman–Crippen LogP) is 3.79. The maximum absolute atomic E-state index is 12.2. The van der Waals surface area contributed by atoms with Crippen molar-refractivity contribution in [1.82, 2.24) is 9.99 Å². The van der Waals surface area contributed by atoms with Crippen molar-refractivity contribution in [1.29, 1.82) is 0 Å². The zero-order valence-electron chi connectivity index (χ0n) is 15.3. The van der Waals surface area contributed by atoms with E-state index in [1.165, 1.54) is 11.9 Å². The van der Waals surface area contributed by atoms with E-state index in [0.717, 1.165) is 33.5 Å². The SMILES string of the molecule is COc1ccc(C2=NN(C(C)=O)C(c3cc(C)nc4ccccc34)O2)cc1. The van der Waals surface area contributed by atoms with Gasteiger partial charge < -0.3 is 9.47 Å². The number of hydrogen-bond acceptors (Lipinski definition) is 5. The third kappa shape index (κ3) is 3.10. The first-order valence-corrected chi connectivity index (χ1v) is 8.62. The van der Waals surface area contributed by atoms with Gasteiger partial charge in [0, 0.05) is 29.1 Å². The lowest BCUT2D eigenvalue weighted by Gasteiger charge is -2.21. The third-order valence-corrected chi connectivity index (χ3v) is 4.45. The van der Waals surface area contributed by atoms with Crippen molar-refractivity contribution < 1.29 is 14.3 Å². The monoisotopic (exact) mass is 361 g/mol. The fourth-order valence-corrected chi connectivity index (χ4v) is 3.16. The summed E-state index contributed by atoms with van der Waals surface area (Å²) in [5.74, 6) is 0.950. The Hall–Kier alpha value is -3.41. The van der Waals surface area contributed by atoms with E-state index in [4.69, 9.17) is 9.47 Å². The van der Waals surface area contributed by atoms with Crippen LogP contribution in [0.25, 0.3) is 10.9 Å². The number of amides is 1. The molecule has 0 saturated carbocycles. The van der Waals surface area contributed by atoms with E-state index in [1.807, 2.05) is 61.5 Å². The van der Waals surface area contributed by atoms with E-state index < -0.39 is 6.23 Å². The van der Waals surface area contributed by atoms with Gasteiger partial charge in [0.05, 0.1) is 12.6 Å². The van der Waals surface area contributed by atoms with Crippen molar-refractivity contribution >= 4 is 22.7 Å². The van der Waals surface area contributed by atoms with E-state index in [0.29, 0.717) is 5.90 Å². The number of hydrazone groups is 1. The minimum atomic E-state index is -0.633. The van der Waals surface area contributed by atoms with Crippen LogP contribution >= 0.6 is 0 Å². The molecule has 0 radical (unpaired) electrons. The molecule has 6 nitrogen and oxygen atoms in total. The second-order valence-electron chi connectivity index (χ2n) is 6.34. The number of carbonyl (C=O) groups is 1. The standard InChI is InChI=1S/C21H19N3O3/c1-13-12-18(17-6-4-5-7-19(17)22-13)21-24(14(2)25)23-20(27-21)15-8-10-16(26-3)11-9-15/h4-12,21H,1-3H3. The van der Waals surface area contributed by atoms with Gasteiger partial charge in [-0.05, 0) is 43.3 Å². The fourth-order valence-electron chi connectivity index (χ4n) is 3.16. The van der Waals surface area contributed by atoms with Crippen LogP contribution in [0.2, 0.25) is 0 Å². The number of carbonyl (C=O) groups excluding carboxylic acids is 1. The van der Waals surface area contributed by atoms with E-state index >= 15 is 0 Å². The Morgan fingerprint density at radius 3 is 2.59 bits per heavy atom. The molecule has 0 bridgehead atoms. The summed E-state index contributed by atoms with van der Waals surface area (Å²) in [5.41, 5.74) is 3.35. The van der Waals surface area contributed by atoms with Gasteiger partial charge in [-0.25, -0.2) is 0 Å². The summed E-state index contributed by atoms with van der Waals surface area (Å²) in [7, 11) is 1.61. The minimum absolute atomic E-state index is 0.193. The molecule has 1 aliphatic rings. The number of fused-ring (bicyclic) bond motifs is 1. The summed E-state index contributed by atoms with van der Waals surface area (Å²) in [6.07, 6.45) is -0.633. The van der Waals surface area contributed by atoms with Crippen LogP contribution in [0, 0.1) is 6.92 Å². The summed E-state index contributed by atoms with van der Waals surface area (Å²) in [6, 6.07) is 17.1. The van der Waals surface area contributed by atoms with Crippen molar-refractivity contribution in [2.45, 2.75) is 20.1 Å². The first kappa shape index (κ1) is 17.0.